The molecule has 0 aliphatic carbocycles. The first-order valence-electron chi connectivity index (χ1n) is 13.1. The van der Waals surface area contributed by atoms with Crippen molar-refractivity contribution >= 4 is 41.7 Å². The maximum atomic E-state index is 13.2. The number of nitrogens with zero attached hydrogens (tertiary/aromatic N) is 7. The maximum absolute atomic E-state index is 13.2. The van der Waals surface area contributed by atoms with E-state index in [2.05, 4.69) is 29.9 Å². The molecule has 0 saturated carbocycles. The van der Waals surface area contributed by atoms with Crippen LogP contribution in [-0.4, -0.2) is 96.5 Å². The second-order valence-electron chi connectivity index (χ2n) is 10.1. The summed E-state index contributed by atoms with van der Waals surface area (Å²) in [5.41, 5.74) is 11.3. The molecule has 20 nitrogen and oxygen atoms in total. The Hall–Kier alpha value is -3.59. The molecule has 0 bridgehead atoms. The van der Waals surface area contributed by atoms with E-state index in [4.69, 9.17) is 30.2 Å². The summed E-state index contributed by atoms with van der Waals surface area (Å²) in [6.07, 6.45) is -6.03. The van der Waals surface area contributed by atoms with Crippen LogP contribution in [0.1, 0.15) is 32.2 Å². The van der Waals surface area contributed by atoms with Gasteiger partial charge >= 0.3 is 7.60 Å². The highest BCUT2D eigenvalue weighted by molar-refractivity contribution is 7.52. The average Bonchev–Trinajstić information content (AvgIpc) is 3.70. The molecule has 6 rings (SSSR count). The van der Waals surface area contributed by atoms with Crippen LogP contribution in [0.5, 0.6) is 0 Å². The van der Waals surface area contributed by atoms with E-state index < -0.39 is 68.8 Å². The normalized spacial score (nSPS) is 30.8. The average molecular weight is 625 g/mol. The Morgan fingerprint density at radius 2 is 1.74 bits per heavy atom. The van der Waals surface area contributed by atoms with Crippen LogP contribution in [0.15, 0.2) is 23.8 Å². The summed E-state index contributed by atoms with van der Waals surface area (Å²) >= 11 is 0. The van der Waals surface area contributed by atoms with E-state index >= 15 is 0 Å². The smallest absolute Gasteiger partial charge is 0.354 e. The molecular formula is C22H29N10O10P. The Morgan fingerprint density at radius 3 is 2.49 bits per heavy atom. The van der Waals surface area contributed by atoms with Gasteiger partial charge in [-0.2, -0.15) is 4.98 Å². The maximum Gasteiger partial charge on any atom is 0.354 e. The zero-order valence-electron chi connectivity index (χ0n) is 22.4. The fourth-order valence-electron chi connectivity index (χ4n) is 5.27. The number of nitrogen functional groups attached to an aromatic ring is 2. The monoisotopic (exact) mass is 624 g/mol. The summed E-state index contributed by atoms with van der Waals surface area (Å²) in [6.45, 7) is 1.89. The van der Waals surface area contributed by atoms with Gasteiger partial charge in [-0.3, -0.25) is 28.0 Å². The number of aliphatic hydroxyl groups is 3. The highest BCUT2D eigenvalue weighted by Crippen LogP contribution is 2.49. The van der Waals surface area contributed by atoms with Crippen molar-refractivity contribution < 1.29 is 43.5 Å². The third-order valence-electron chi connectivity index (χ3n) is 7.24. The van der Waals surface area contributed by atoms with Crippen molar-refractivity contribution in [3.63, 3.8) is 0 Å². The molecule has 2 aliphatic heterocycles. The van der Waals surface area contributed by atoms with Gasteiger partial charge in [0.2, 0.25) is 5.95 Å². The van der Waals surface area contributed by atoms with Crippen LogP contribution in [0.4, 0.5) is 11.8 Å². The number of rotatable bonds is 9. The SMILES string of the molecule is CCCC1C(OCP(=O)(O)OC2C(O)C(O)OC2n2cnc3c(=O)[nH]c(N)nc32)OC(n2cnc3c(N)ncnc32)C1O. The quantitative estimate of drug-likeness (QED) is 0.104. The van der Waals surface area contributed by atoms with E-state index in [1.165, 1.54) is 17.2 Å². The van der Waals surface area contributed by atoms with Gasteiger partial charge in [0.05, 0.1) is 12.7 Å². The second-order valence-corrected chi connectivity index (χ2v) is 11.9. The van der Waals surface area contributed by atoms with Crippen molar-refractivity contribution in [2.75, 3.05) is 17.8 Å². The molecule has 9 unspecified atom stereocenters. The molecule has 2 fully saturated rings. The lowest BCUT2D eigenvalue weighted by atomic mass is 9.98. The van der Waals surface area contributed by atoms with E-state index in [0.29, 0.717) is 24.0 Å². The Kier molecular flexibility index (Phi) is 7.65. The number of hydrogen-bond acceptors (Lipinski definition) is 16. The molecule has 0 radical (unpaired) electrons. The lowest BCUT2D eigenvalue weighted by Crippen LogP contribution is -2.34. The van der Waals surface area contributed by atoms with Crippen LogP contribution < -0.4 is 17.0 Å². The Balaban J connectivity index is 1.20. The van der Waals surface area contributed by atoms with Crippen LogP contribution >= 0.6 is 7.60 Å². The third-order valence-corrected chi connectivity index (χ3v) is 8.29. The van der Waals surface area contributed by atoms with Gasteiger partial charge in [0, 0.05) is 5.92 Å². The van der Waals surface area contributed by atoms with Crippen LogP contribution in [0.25, 0.3) is 22.3 Å². The van der Waals surface area contributed by atoms with Gasteiger partial charge in [-0.25, -0.2) is 19.9 Å². The first kappa shape index (κ1) is 29.5. The van der Waals surface area contributed by atoms with Gasteiger partial charge in [-0.05, 0) is 6.42 Å². The Bertz CT molecular complexity index is 1750. The minimum Gasteiger partial charge on any atom is -0.388 e. The first-order chi connectivity index (χ1) is 20.5. The summed E-state index contributed by atoms with van der Waals surface area (Å²) < 4.78 is 38.2. The summed E-state index contributed by atoms with van der Waals surface area (Å²) in [6, 6.07) is 0. The fraction of sp³-hybridized carbons (Fsp3) is 0.545. The van der Waals surface area contributed by atoms with E-state index in [0.717, 1.165) is 10.9 Å². The largest absolute Gasteiger partial charge is 0.388 e. The number of fused-ring (bicyclic) bond motifs is 2. The number of imidazole rings is 2. The zero-order chi connectivity index (χ0) is 30.6. The molecular weight excluding hydrogens is 595 g/mol. The molecule has 232 valence electrons. The molecule has 9 N–H and O–H groups in total. The minimum absolute atomic E-state index is 0.0778. The number of aromatic nitrogens is 8. The molecule has 6 heterocycles. The van der Waals surface area contributed by atoms with E-state index in [1.54, 1.807) is 0 Å². The molecule has 43 heavy (non-hydrogen) atoms. The number of aromatic amines is 1. The molecule has 0 spiro atoms. The van der Waals surface area contributed by atoms with Gasteiger partial charge in [0.1, 0.15) is 30.2 Å². The van der Waals surface area contributed by atoms with Gasteiger partial charge in [0.25, 0.3) is 5.56 Å². The van der Waals surface area contributed by atoms with Gasteiger partial charge in [0.15, 0.2) is 54.0 Å². The number of nitrogens with one attached hydrogen (secondary N) is 1. The van der Waals surface area contributed by atoms with Gasteiger partial charge < -0.3 is 45.9 Å². The zero-order valence-corrected chi connectivity index (χ0v) is 23.3. The molecule has 21 heteroatoms. The molecule has 0 aromatic carbocycles. The molecule has 9 atom stereocenters. The highest BCUT2D eigenvalue weighted by atomic mass is 31.2. The van der Waals surface area contributed by atoms with Crippen LogP contribution in [-0.2, 0) is 23.3 Å². The molecule has 0 amide bonds. The number of H-pyrrole nitrogens is 1. The minimum atomic E-state index is -4.71. The van der Waals surface area contributed by atoms with E-state index in [9.17, 15) is 29.6 Å². The van der Waals surface area contributed by atoms with Crippen molar-refractivity contribution in [2.45, 2.75) is 63.1 Å². The first-order valence-corrected chi connectivity index (χ1v) is 14.9. The van der Waals surface area contributed by atoms with Gasteiger partial charge in [-0.15, -0.1) is 0 Å². The Labute approximate surface area is 240 Å². The van der Waals surface area contributed by atoms with Crippen molar-refractivity contribution in [3.05, 3.63) is 29.3 Å². The number of aliphatic hydroxyl groups excluding tert-OH is 3. The second kappa shape index (κ2) is 11.2. The van der Waals surface area contributed by atoms with E-state index in [1.807, 2.05) is 6.92 Å². The number of hydrogen-bond donors (Lipinski definition) is 7. The lowest BCUT2D eigenvalue weighted by molar-refractivity contribution is -0.157. The Morgan fingerprint density at radius 1 is 1.02 bits per heavy atom. The highest BCUT2D eigenvalue weighted by Gasteiger charge is 2.50. The van der Waals surface area contributed by atoms with Crippen LogP contribution in [0.2, 0.25) is 0 Å². The molecule has 2 saturated heterocycles. The van der Waals surface area contributed by atoms with Crippen molar-refractivity contribution in [1.82, 2.24) is 39.0 Å². The van der Waals surface area contributed by atoms with Crippen molar-refractivity contribution in [2.24, 2.45) is 5.92 Å². The fourth-order valence-corrected chi connectivity index (χ4v) is 6.27. The number of nitrogens with two attached hydrogens (primary N) is 2. The lowest BCUT2D eigenvalue weighted by Gasteiger charge is -2.25. The molecule has 4 aromatic heterocycles. The summed E-state index contributed by atoms with van der Waals surface area (Å²) in [4.78, 5) is 45.4. The summed E-state index contributed by atoms with van der Waals surface area (Å²) in [7, 11) is -4.71. The van der Waals surface area contributed by atoms with Crippen molar-refractivity contribution in [1.29, 1.82) is 0 Å². The number of anilines is 2. The van der Waals surface area contributed by atoms with Gasteiger partial charge in [-0.1, -0.05) is 13.3 Å². The predicted molar refractivity (Wildman–Crippen MR) is 143 cm³/mol. The number of ether oxygens (including phenoxy) is 3. The summed E-state index contributed by atoms with van der Waals surface area (Å²) in [5, 5.41) is 31.8. The topological polar surface area (TPSA) is 294 Å². The van der Waals surface area contributed by atoms with Crippen molar-refractivity contribution in [3.8, 4) is 0 Å². The molecule has 4 aromatic rings. The third kappa shape index (κ3) is 5.26. The van der Waals surface area contributed by atoms with E-state index in [-0.39, 0.29) is 22.9 Å². The predicted octanol–water partition coefficient (Wildman–Crippen LogP) is -1.49. The van der Waals surface area contributed by atoms with Crippen LogP contribution in [0, 0.1) is 5.92 Å². The van der Waals surface area contributed by atoms with Crippen LogP contribution in [0.3, 0.4) is 0 Å². The molecule has 2 aliphatic rings. The summed E-state index contributed by atoms with van der Waals surface area (Å²) in [5.74, 6) is -0.715. The standard InChI is InChI=1S/C22H29N10O10P/c1-2-3-8-11(33)18(31-5-27-9-14(23)25-4-26-15(9)31)41-21(8)39-7-43(37,38)42-13-12(34)20(36)40-19(13)32-6-28-10-16(32)29-22(24)30-17(10)35/h4-6,8,11-13,18-21,33-34,36H,2-3,7H2,1H3,(H,37,38)(H2,23,25,26)(H3,24,29,30,35).